The van der Waals surface area contributed by atoms with Crippen LogP contribution in [0.3, 0.4) is 0 Å². The molecule has 0 aromatic heterocycles. The summed E-state index contributed by atoms with van der Waals surface area (Å²) in [4.78, 5) is 11.5. The minimum atomic E-state index is -0.690. The average molecular weight is 296 g/mol. The fraction of sp³-hybridized carbons (Fsp3) is 0.941. The zero-order valence-corrected chi connectivity index (χ0v) is 13.6. The molecule has 0 amide bonds. The molecule has 0 aromatic carbocycles. The van der Waals surface area contributed by atoms with E-state index >= 15 is 0 Å². The van der Waals surface area contributed by atoms with Crippen LogP contribution in [-0.2, 0) is 4.79 Å². The van der Waals surface area contributed by atoms with Crippen LogP contribution < -0.4 is 10.6 Å². The summed E-state index contributed by atoms with van der Waals surface area (Å²) in [5.41, 5.74) is 0. The largest absolute Gasteiger partial charge is 0.480 e. The Morgan fingerprint density at radius 2 is 1.90 bits per heavy atom. The molecule has 4 atom stereocenters. The van der Waals surface area contributed by atoms with Gasteiger partial charge < -0.3 is 15.7 Å². The lowest BCUT2D eigenvalue weighted by Gasteiger charge is -2.41. The van der Waals surface area contributed by atoms with Gasteiger partial charge in [-0.1, -0.05) is 33.1 Å². The highest BCUT2D eigenvalue weighted by atomic mass is 16.4. The summed E-state index contributed by atoms with van der Waals surface area (Å²) < 4.78 is 0. The van der Waals surface area contributed by atoms with Gasteiger partial charge in [-0.2, -0.15) is 0 Å². The molecule has 2 aliphatic rings. The van der Waals surface area contributed by atoms with Crippen molar-refractivity contribution in [2.75, 3.05) is 6.54 Å². The summed E-state index contributed by atoms with van der Waals surface area (Å²) in [7, 11) is 0. The van der Waals surface area contributed by atoms with E-state index in [1.807, 2.05) is 0 Å². The molecule has 0 radical (unpaired) electrons. The summed E-state index contributed by atoms with van der Waals surface area (Å²) in [6.07, 6.45) is 9.47. The molecule has 0 spiro atoms. The highest BCUT2D eigenvalue weighted by Crippen LogP contribution is 2.31. The lowest BCUT2D eigenvalue weighted by Crippen LogP contribution is -2.54. The van der Waals surface area contributed by atoms with E-state index in [0.717, 1.165) is 19.4 Å². The molecule has 1 aliphatic carbocycles. The smallest absolute Gasteiger partial charge is 0.320 e. The van der Waals surface area contributed by atoms with Gasteiger partial charge >= 0.3 is 5.97 Å². The predicted molar refractivity (Wildman–Crippen MR) is 85.4 cm³/mol. The molecule has 1 saturated heterocycles. The molecule has 1 heterocycles. The van der Waals surface area contributed by atoms with Gasteiger partial charge in [0, 0.05) is 12.1 Å². The molecule has 4 nitrogen and oxygen atoms in total. The average Bonchev–Trinajstić information content (AvgIpc) is 2.47. The number of hydrogen-bond acceptors (Lipinski definition) is 3. The normalized spacial score (nSPS) is 32.0. The molecular weight excluding hydrogens is 264 g/mol. The maximum Gasteiger partial charge on any atom is 0.320 e. The van der Waals surface area contributed by atoms with Crippen LogP contribution in [0.4, 0.5) is 0 Å². The highest BCUT2D eigenvalue weighted by molar-refractivity contribution is 5.73. The van der Waals surface area contributed by atoms with E-state index in [-0.39, 0.29) is 6.04 Å². The summed E-state index contributed by atoms with van der Waals surface area (Å²) in [5, 5.41) is 16.6. The van der Waals surface area contributed by atoms with E-state index in [1.165, 1.54) is 38.5 Å². The van der Waals surface area contributed by atoms with Crippen molar-refractivity contribution in [3.8, 4) is 0 Å². The SMILES string of the molecule is CC(C)CC(NC1CCCCC1C1CCCCN1)C(=O)O. The van der Waals surface area contributed by atoms with Gasteiger partial charge in [-0.25, -0.2) is 0 Å². The maximum absolute atomic E-state index is 11.5. The van der Waals surface area contributed by atoms with Crippen molar-refractivity contribution in [2.24, 2.45) is 11.8 Å². The van der Waals surface area contributed by atoms with Gasteiger partial charge in [0.15, 0.2) is 0 Å². The first-order valence-corrected chi connectivity index (χ1v) is 8.80. The zero-order chi connectivity index (χ0) is 15.2. The summed E-state index contributed by atoms with van der Waals surface area (Å²) >= 11 is 0. The van der Waals surface area contributed by atoms with Crippen molar-refractivity contribution >= 4 is 5.97 Å². The van der Waals surface area contributed by atoms with Gasteiger partial charge in [-0.05, 0) is 50.5 Å². The van der Waals surface area contributed by atoms with Gasteiger partial charge in [0.05, 0.1) is 0 Å². The molecular formula is C17H32N2O2. The predicted octanol–water partition coefficient (Wildman–Crippen LogP) is 2.78. The Labute approximate surface area is 129 Å². The van der Waals surface area contributed by atoms with E-state index in [2.05, 4.69) is 24.5 Å². The van der Waals surface area contributed by atoms with Crippen molar-refractivity contribution in [1.29, 1.82) is 0 Å². The fourth-order valence-corrected chi connectivity index (χ4v) is 4.06. The van der Waals surface area contributed by atoms with E-state index in [0.29, 0.717) is 23.9 Å². The number of carbonyl (C=O) groups is 1. The number of rotatable bonds is 6. The standard InChI is InChI=1S/C17H32N2O2/c1-12(2)11-16(17(20)21)19-15-9-4-3-7-13(15)14-8-5-6-10-18-14/h12-16,18-19H,3-11H2,1-2H3,(H,20,21). The first-order chi connectivity index (χ1) is 10.1. The van der Waals surface area contributed by atoms with Crippen molar-refractivity contribution in [3.05, 3.63) is 0 Å². The summed E-state index contributed by atoms with van der Waals surface area (Å²) in [6, 6.07) is 0.568. The van der Waals surface area contributed by atoms with Crippen LogP contribution in [0, 0.1) is 11.8 Å². The van der Waals surface area contributed by atoms with Crippen molar-refractivity contribution < 1.29 is 9.90 Å². The van der Waals surface area contributed by atoms with Crippen LogP contribution in [0.5, 0.6) is 0 Å². The molecule has 4 heteroatoms. The second kappa shape index (κ2) is 8.14. The van der Waals surface area contributed by atoms with Gasteiger partial charge in [0.1, 0.15) is 6.04 Å². The van der Waals surface area contributed by atoms with Crippen LogP contribution in [0.15, 0.2) is 0 Å². The Balaban J connectivity index is 1.97. The first-order valence-electron chi connectivity index (χ1n) is 8.80. The number of hydrogen-bond donors (Lipinski definition) is 3. The number of carboxylic acid groups (broad SMARTS) is 1. The van der Waals surface area contributed by atoms with Gasteiger partial charge in [-0.15, -0.1) is 0 Å². The Hall–Kier alpha value is -0.610. The third-order valence-corrected chi connectivity index (χ3v) is 5.11. The molecule has 21 heavy (non-hydrogen) atoms. The molecule has 4 unspecified atom stereocenters. The maximum atomic E-state index is 11.5. The van der Waals surface area contributed by atoms with E-state index in [1.54, 1.807) is 0 Å². The second-order valence-electron chi connectivity index (χ2n) is 7.30. The monoisotopic (exact) mass is 296 g/mol. The Kier molecular flexibility index (Phi) is 6.49. The van der Waals surface area contributed by atoms with E-state index in [4.69, 9.17) is 0 Å². The quantitative estimate of drug-likeness (QED) is 0.705. The molecule has 0 bridgehead atoms. The second-order valence-corrected chi connectivity index (χ2v) is 7.30. The topological polar surface area (TPSA) is 61.4 Å². The molecule has 1 saturated carbocycles. The van der Waals surface area contributed by atoms with Gasteiger partial charge in [-0.3, -0.25) is 4.79 Å². The number of nitrogens with one attached hydrogen (secondary N) is 2. The lowest BCUT2D eigenvalue weighted by atomic mass is 9.77. The van der Waals surface area contributed by atoms with E-state index < -0.39 is 5.97 Å². The molecule has 2 rings (SSSR count). The molecule has 1 aliphatic heterocycles. The molecule has 3 N–H and O–H groups in total. The fourth-order valence-electron chi connectivity index (χ4n) is 4.06. The van der Waals surface area contributed by atoms with Crippen LogP contribution in [0.25, 0.3) is 0 Å². The number of aliphatic carboxylic acids is 1. The number of piperidine rings is 1. The van der Waals surface area contributed by atoms with Gasteiger partial charge in [0.25, 0.3) is 0 Å². The van der Waals surface area contributed by atoms with Crippen molar-refractivity contribution in [3.63, 3.8) is 0 Å². The van der Waals surface area contributed by atoms with Crippen molar-refractivity contribution in [1.82, 2.24) is 10.6 Å². The van der Waals surface area contributed by atoms with Crippen LogP contribution >= 0.6 is 0 Å². The number of carboxylic acids is 1. The van der Waals surface area contributed by atoms with Crippen LogP contribution in [0.2, 0.25) is 0 Å². The Morgan fingerprint density at radius 3 is 2.52 bits per heavy atom. The highest BCUT2D eigenvalue weighted by Gasteiger charge is 2.34. The zero-order valence-electron chi connectivity index (χ0n) is 13.6. The summed E-state index contributed by atoms with van der Waals surface area (Å²) in [6.45, 7) is 5.32. The minimum Gasteiger partial charge on any atom is -0.480 e. The third kappa shape index (κ3) is 4.96. The molecule has 122 valence electrons. The lowest BCUT2D eigenvalue weighted by molar-refractivity contribution is -0.140. The first kappa shape index (κ1) is 16.8. The summed E-state index contributed by atoms with van der Waals surface area (Å²) in [5.74, 6) is 0.325. The minimum absolute atomic E-state index is 0.370. The van der Waals surface area contributed by atoms with E-state index in [9.17, 15) is 9.90 Å². The van der Waals surface area contributed by atoms with Crippen LogP contribution in [0.1, 0.15) is 65.2 Å². The van der Waals surface area contributed by atoms with Crippen LogP contribution in [-0.4, -0.2) is 35.7 Å². The Morgan fingerprint density at radius 1 is 1.19 bits per heavy atom. The van der Waals surface area contributed by atoms with Crippen molar-refractivity contribution in [2.45, 2.75) is 83.3 Å². The van der Waals surface area contributed by atoms with Gasteiger partial charge in [0.2, 0.25) is 0 Å². The third-order valence-electron chi connectivity index (χ3n) is 5.11. The molecule has 2 fully saturated rings. The molecule has 0 aromatic rings. The Bertz CT molecular complexity index is 327.